The minimum absolute atomic E-state index is 0.695. The zero-order valence-corrected chi connectivity index (χ0v) is 13.3. The van der Waals surface area contributed by atoms with Crippen LogP contribution in [0.3, 0.4) is 0 Å². The smallest absolute Gasteiger partial charge is 0.0104 e. The van der Waals surface area contributed by atoms with Gasteiger partial charge in [0.25, 0.3) is 0 Å². The molecule has 3 nitrogen and oxygen atoms in total. The first kappa shape index (κ1) is 17.9. The third-order valence-electron chi connectivity index (χ3n) is 3.82. The maximum Gasteiger partial charge on any atom is 0.0104 e. The average Bonchev–Trinajstić information content (AvgIpc) is 2.40. The Labute approximate surface area is 115 Å². The van der Waals surface area contributed by atoms with Crippen LogP contribution in [0.25, 0.3) is 0 Å². The van der Waals surface area contributed by atoms with Crippen LogP contribution in [0.2, 0.25) is 0 Å². The van der Waals surface area contributed by atoms with E-state index in [-0.39, 0.29) is 0 Å². The van der Waals surface area contributed by atoms with Crippen LogP contribution >= 0.6 is 0 Å². The lowest BCUT2D eigenvalue weighted by Gasteiger charge is -2.21. The van der Waals surface area contributed by atoms with Gasteiger partial charge in [-0.3, -0.25) is 0 Å². The maximum atomic E-state index is 3.61. The molecule has 0 bridgehead atoms. The second-order valence-corrected chi connectivity index (χ2v) is 5.24. The van der Waals surface area contributed by atoms with Gasteiger partial charge >= 0.3 is 0 Å². The van der Waals surface area contributed by atoms with Crippen molar-refractivity contribution < 1.29 is 0 Å². The van der Waals surface area contributed by atoms with Crippen molar-refractivity contribution in [3.05, 3.63) is 0 Å². The summed E-state index contributed by atoms with van der Waals surface area (Å²) >= 11 is 0. The van der Waals surface area contributed by atoms with Gasteiger partial charge in [0.1, 0.15) is 0 Å². The van der Waals surface area contributed by atoms with Gasteiger partial charge in [0.2, 0.25) is 0 Å². The highest BCUT2D eigenvalue weighted by Crippen LogP contribution is 1.96. The van der Waals surface area contributed by atoms with Gasteiger partial charge in [-0.25, -0.2) is 0 Å². The first-order valence-electron chi connectivity index (χ1n) is 7.83. The molecule has 0 rings (SSSR count). The fraction of sp³-hybridized carbons (Fsp3) is 1.00. The third kappa shape index (κ3) is 8.90. The van der Waals surface area contributed by atoms with Gasteiger partial charge in [0, 0.05) is 38.3 Å². The van der Waals surface area contributed by atoms with Crippen LogP contribution < -0.4 is 10.6 Å². The highest BCUT2D eigenvalue weighted by molar-refractivity contribution is 4.66. The highest BCUT2D eigenvalue weighted by atomic mass is 15.1. The van der Waals surface area contributed by atoms with Crippen LogP contribution in [0.15, 0.2) is 0 Å². The summed E-state index contributed by atoms with van der Waals surface area (Å²) in [5, 5.41) is 7.22. The summed E-state index contributed by atoms with van der Waals surface area (Å²) in [6.45, 7) is 13.5. The predicted octanol–water partition coefficient (Wildman–Crippen LogP) is 2.47. The molecule has 0 radical (unpaired) electrons. The van der Waals surface area contributed by atoms with E-state index in [1.807, 2.05) is 0 Å². The lowest BCUT2D eigenvalue weighted by Crippen LogP contribution is -2.39. The minimum Gasteiger partial charge on any atom is -0.313 e. The molecule has 0 aromatic rings. The molecular formula is C15H35N3. The largest absolute Gasteiger partial charge is 0.313 e. The summed E-state index contributed by atoms with van der Waals surface area (Å²) < 4.78 is 0. The van der Waals surface area contributed by atoms with Crippen molar-refractivity contribution in [1.29, 1.82) is 0 Å². The molecule has 0 amide bonds. The van der Waals surface area contributed by atoms with Crippen molar-refractivity contribution in [1.82, 2.24) is 15.5 Å². The van der Waals surface area contributed by atoms with E-state index in [0.717, 1.165) is 26.2 Å². The molecule has 3 heteroatoms. The number of nitrogens with one attached hydrogen (secondary N) is 2. The van der Waals surface area contributed by atoms with E-state index in [2.05, 4.69) is 50.3 Å². The second-order valence-electron chi connectivity index (χ2n) is 5.24. The van der Waals surface area contributed by atoms with E-state index in [1.165, 1.54) is 25.7 Å². The molecule has 110 valence electrons. The fourth-order valence-electron chi connectivity index (χ4n) is 2.19. The van der Waals surface area contributed by atoms with E-state index in [9.17, 15) is 0 Å². The number of likely N-dealkylation sites (N-methyl/N-ethyl adjacent to an activating group) is 1. The maximum absolute atomic E-state index is 3.61. The summed E-state index contributed by atoms with van der Waals surface area (Å²) in [6.07, 6.45) is 4.93. The van der Waals surface area contributed by atoms with Gasteiger partial charge in [-0.15, -0.1) is 0 Å². The van der Waals surface area contributed by atoms with Crippen molar-refractivity contribution >= 4 is 0 Å². The minimum atomic E-state index is 0.695. The summed E-state index contributed by atoms with van der Waals surface area (Å²) in [4.78, 5) is 2.41. The predicted molar refractivity (Wildman–Crippen MR) is 82.2 cm³/mol. The van der Waals surface area contributed by atoms with Crippen molar-refractivity contribution in [3.8, 4) is 0 Å². The van der Waals surface area contributed by atoms with Gasteiger partial charge in [-0.1, -0.05) is 27.7 Å². The molecule has 0 spiro atoms. The van der Waals surface area contributed by atoms with E-state index in [4.69, 9.17) is 0 Å². The normalized spacial score (nSPS) is 12.0. The number of rotatable bonds is 12. The van der Waals surface area contributed by atoms with Gasteiger partial charge in [-0.05, 0) is 32.7 Å². The zero-order chi connectivity index (χ0) is 13.8. The standard InChI is InChI=1S/C15H35N3/c1-6-14(7-2)16-10-12-18(5)13-11-17-15(8-3)9-4/h14-17H,6-13H2,1-5H3. The van der Waals surface area contributed by atoms with Crippen molar-refractivity contribution in [2.75, 3.05) is 33.2 Å². The molecule has 0 unspecified atom stereocenters. The molecule has 0 aromatic heterocycles. The fourth-order valence-corrected chi connectivity index (χ4v) is 2.19. The van der Waals surface area contributed by atoms with Crippen LogP contribution in [0, 0.1) is 0 Å². The molecule has 0 saturated heterocycles. The Bertz CT molecular complexity index is 147. The molecule has 0 aromatic carbocycles. The van der Waals surface area contributed by atoms with Crippen molar-refractivity contribution in [3.63, 3.8) is 0 Å². The first-order valence-corrected chi connectivity index (χ1v) is 7.83. The van der Waals surface area contributed by atoms with Crippen molar-refractivity contribution in [2.45, 2.75) is 65.5 Å². The van der Waals surface area contributed by atoms with Gasteiger partial charge in [0.15, 0.2) is 0 Å². The molecule has 2 N–H and O–H groups in total. The lowest BCUT2D eigenvalue weighted by atomic mass is 10.2. The highest BCUT2D eigenvalue weighted by Gasteiger charge is 2.04. The molecule has 18 heavy (non-hydrogen) atoms. The summed E-state index contributed by atoms with van der Waals surface area (Å²) in [5.41, 5.74) is 0. The molecule has 0 heterocycles. The second kappa shape index (κ2) is 11.9. The van der Waals surface area contributed by atoms with Crippen molar-refractivity contribution in [2.24, 2.45) is 0 Å². The number of hydrogen-bond acceptors (Lipinski definition) is 3. The summed E-state index contributed by atoms with van der Waals surface area (Å²) in [5.74, 6) is 0. The lowest BCUT2D eigenvalue weighted by molar-refractivity contribution is 0.310. The van der Waals surface area contributed by atoms with Gasteiger partial charge in [-0.2, -0.15) is 0 Å². The first-order chi connectivity index (χ1) is 8.67. The Balaban J connectivity index is 3.50. The van der Waals surface area contributed by atoms with E-state index in [0.29, 0.717) is 12.1 Å². The van der Waals surface area contributed by atoms with Crippen LogP contribution in [0.4, 0.5) is 0 Å². The van der Waals surface area contributed by atoms with Crippen LogP contribution in [0.1, 0.15) is 53.4 Å². The monoisotopic (exact) mass is 257 g/mol. The van der Waals surface area contributed by atoms with Crippen LogP contribution in [0.5, 0.6) is 0 Å². The van der Waals surface area contributed by atoms with E-state index < -0.39 is 0 Å². The quantitative estimate of drug-likeness (QED) is 0.562. The topological polar surface area (TPSA) is 27.3 Å². The van der Waals surface area contributed by atoms with E-state index >= 15 is 0 Å². The van der Waals surface area contributed by atoms with Gasteiger partial charge in [0.05, 0.1) is 0 Å². The Morgan fingerprint density at radius 3 is 1.33 bits per heavy atom. The third-order valence-corrected chi connectivity index (χ3v) is 3.82. The molecule has 0 aliphatic rings. The Morgan fingerprint density at radius 1 is 0.722 bits per heavy atom. The summed E-state index contributed by atoms with van der Waals surface area (Å²) in [6, 6.07) is 1.39. The SMILES string of the molecule is CCC(CC)NCCN(C)CCNC(CC)CC. The molecule has 0 fully saturated rings. The molecular weight excluding hydrogens is 222 g/mol. The summed E-state index contributed by atoms with van der Waals surface area (Å²) in [7, 11) is 2.21. The van der Waals surface area contributed by atoms with E-state index in [1.54, 1.807) is 0 Å². The van der Waals surface area contributed by atoms with Crippen LogP contribution in [-0.4, -0.2) is 50.2 Å². The molecule has 0 aliphatic carbocycles. The Hall–Kier alpha value is -0.120. The molecule has 0 atom stereocenters. The molecule has 0 aliphatic heterocycles. The van der Waals surface area contributed by atoms with Gasteiger partial charge < -0.3 is 15.5 Å². The zero-order valence-electron chi connectivity index (χ0n) is 13.3. The number of nitrogens with zero attached hydrogens (tertiary/aromatic N) is 1. The number of hydrogen-bond donors (Lipinski definition) is 2. The van der Waals surface area contributed by atoms with Crippen LogP contribution in [-0.2, 0) is 0 Å². The Kier molecular flexibility index (Phi) is 11.9. The average molecular weight is 257 g/mol. The molecule has 0 saturated carbocycles. The Morgan fingerprint density at radius 2 is 1.06 bits per heavy atom.